The van der Waals surface area contributed by atoms with E-state index in [0.29, 0.717) is 6.04 Å². The van der Waals surface area contributed by atoms with E-state index in [1.807, 2.05) is 12.1 Å². The first-order valence-electron chi connectivity index (χ1n) is 6.02. The van der Waals surface area contributed by atoms with Crippen LogP contribution in [0.5, 0.6) is 0 Å². The van der Waals surface area contributed by atoms with Crippen LogP contribution in [0, 0.1) is 6.92 Å². The largest absolute Gasteiger partial charge is 0.344 e. The number of imidazole rings is 1. The Morgan fingerprint density at radius 2 is 2.12 bits per heavy atom. The molecule has 0 saturated heterocycles. The highest BCUT2D eigenvalue weighted by Gasteiger charge is 2.20. The summed E-state index contributed by atoms with van der Waals surface area (Å²) < 4.78 is 0. The molecule has 1 fully saturated rings. The van der Waals surface area contributed by atoms with Crippen LogP contribution < -0.4 is 5.32 Å². The van der Waals surface area contributed by atoms with E-state index >= 15 is 0 Å². The number of nitrogens with one attached hydrogen (secondary N) is 2. The summed E-state index contributed by atoms with van der Waals surface area (Å²) in [5.74, 6) is 1.02. The Labute approximate surface area is 101 Å². The van der Waals surface area contributed by atoms with Gasteiger partial charge < -0.3 is 10.3 Å². The van der Waals surface area contributed by atoms with Crippen molar-refractivity contribution in [3.63, 3.8) is 0 Å². The monoisotopic (exact) mass is 228 g/mol. The van der Waals surface area contributed by atoms with E-state index in [0.717, 1.165) is 29.3 Å². The molecule has 17 heavy (non-hydrogen) atoms. The minimum atomic E-state index is 0.713. The Balaban J connectivity index is 1.80. The minimum absolute atomic E-state index is 0.713. The van der Waals surface area contributed by atoms with Gasteiger partial charge in [-0.3, -0.25) is 4.98 Å². The summed E-state index contributed by atoms with van der Waals surface area (Å²) >= 11 is 0. The van der Waals surface area contributed by atoms with Crippen LogP contribution >= 0.6 is 0 Å². The Morgan fingerprint density at radius 3 is 2.82 bits per heavy atom. The lowest BCUT2D eigenvalue weighted by atomic mass is 10.2. The van der Waals surface area contributed by atoms with Crippen molar-refractivity contribution in [3.8, 4) is 11.3 Å². The lowest BCUT2D eigenvalue weighted by Gasteiger charge is -1.97. The second-order valence-corrected chi connectivity index (χ2v) is 4.55. The van der Waals surface area contributed by atoms with Crippen LogP contribution in [0.2, 0.25) is 0 Å². The predicted octanol–water partition coefficient (Wildman–Crippen LogP) is 2.03. The molecule has 4 nitrogen and oxygen atoms in total. The summed E-state index contributed by atoms with van der Waals surface area (Å²) in [4.78, 5) is 12.0. The topological polar surface area (TPSA) is 53.6 Å². The fourth-order valence-corrected chi connectivity index (χ4v) is 1.93. The van der Waals surface area contributed by atoms with E-state index in [-0.39, 0.29) is 0 Å². The van der Waals surface area contributed by atoms with Crippen molar-refractivity contribution < 1.29 is 0 Å². The molecule has 0 spiro atoms. The van der Waals surface area contributed by atoms with Crippen molar-refractivity contribution in [2.45, 2.75) is 32.4 Å². The average Bonchev–Trinajstić information content (AvgIpc) is 3.11. The fraction of sp³-hybridized carbons (Fsp3) is 0.385. The standard InChI is InChI=1S/C13H16N4/c1-9-13(10-4-6-14-7-5-10)17-12(16-9)8-15-11-2-3-11/h4-7,11,15H,2-3,8H2,1H3,(H,16,17). The van der Waals surface area contributed by atoms with Crippen molar-refractivity contribution in [3.05, 3.63) is 36.0 Å². The van der Waals surface area contributed by atoms with E-state index < -0.39 is 0 Å². The van der Waals surface area contributed by atoms with Gasteiger partial charge in [0.2, 0.25) is 0 Å². The maximum absolute atomic E-state index is 4.63. The van der Waals surface area contributed by atoms with Crippen LogP contribution in [0.4, 0.5) is 0 Å². The first-order chi connectivity index (χ1) is 8.33. The smallest absolute Gasteiger partial charge is 0.121 e. The third-order valence-corrected chi connectivity index (χ3v) is 3.02. The summed E-state index contributed by atoms with van der Waals surface area (Å²) in [6.07, 6.45) is 6.20. The molecule has 0 amide bonds. The van der Waals surface area contributed by atoms with Crippen LogP contribution in [-0.2, 0) is 6.54 Å². The number of hydrogen-bond donors (Lipinski definition) is 2. The van der Waals surface area contributed by atoms with Crippen LogP contribution in [0.3, 0.4) is 0 Å². The maximum atomic E-state index is 4.63. The number of H-pyrrole nitrogens is 1. The molecule has 0 aromatic carbocycles. The number of hydrogen-bond acceptors (Lipinski definition) is 3. The quantitative estimate of drug-likeness (QED) is 0.842. The molecule has 0 unspecified atom stereocenters. The van der Waals surface area contributed by atoms with Gasteiger partial charge in [-0.15, -0.1) is 0 Å². The van der Waals surface area contributed by atoms with Crippen molar-refractivity contribution in [2.24, 2.45) is 0 Å². The number of rotatable bonds is 4. The molecule has 1 aliphatic carbocycles. The zero-order valence-corrected chi connectivity index (χ0v) is 9.90. The zero-order valence-electron chi connectivity index (χ0n) is 9.90. The molecule has 0 radical (unpaired) electrons. The van der Waals surface area contributed by atoms with Crippen molar-refractivity contribution in [1.82, 2.24) is 20.3 Å². The summed E-state index contributed by atoms with van der Waals surface area (Å²) in [5, 5.41) is 3.46. The molecule has 4 heteroatoms. The first kappa shape index (κ1) is 10.5. The predicted molar refractivity (Wildman–Crippen MR) is 66.4 cm³/mol. The highest BCUT2D eigenvalue weighted by atomic mass is 15.0. The third-order valence-electron chi connectivity index (χ3n) is 3.02. The maximum Gasteiger partial charge on any atom is 0.121 e. The van der Waals surface area contributed by atoms with Gasteiger partial charge in [-0.05, 0) is 31.9 Å². The molecule has 0 atom stereocenters. The number of nitrogens with zero attached hydrogens (tertiary/aromatic N) is 2. The number of pyridine rings is 1. The molecule has 3 rings (SSSR count). The lowest BCUT2D eigenvalue weighted by molar-refractivity contribution is 0.663. The van der Waals surface area contributed by atoms with Gasteiger partial charge in [0.1, 0.15) is 5.82 Å². The van der Waals surface area contributed by atoms with E-state index in [9.17, 15) is 0 Å². The summed E-state index contributed by atoms with van der Waals surface area (Å²) in [5.41, 5.74) is 3.26. The Bertz CT molecular complexity index is 499. The fourth-order valence-electron chi connectivity index (χ4n) is 1.93. The molecule has 2 aromatic rings. The van der Waals surface area contributed by atoms with E-state index in [2.05, 4.69) is 27.2 Å². The Morgan fingerprint density at radius 1 is 1.35 bits per heavy atom. The van der Waals surface area contributed by atoms with Crippen LogP contribution in [0.25, 0.3) is 11.3 Å². The molecule has 2 N–H and O–H groups in total. The van der Waals surface area contributed by atoms with Gasteiger partial charge in [-0.25, -0.2) is 4.98 Å². The van der Waals surface area contributed by atoms with Gasteiger partial charge in [0.05, 0.1) is 12.2 Å². The first-order valence-corrected chi connectivity index (χ1v) is 6.02. The minimum Gasteiger partial charge on any atom is -0.344 e. The van der Waals surface area contributed by atoms with Gasteiger partial charge in [-0.1, -0.05) is 0 Å². The van der Waals surface area contributed by atoms with Crippen molar-refractivity contribution in [1.29, 1.82) is 0 Å². The number of aryl methyl sites for hydroxylation is 1. The van der Waals surface area contributed by atoms with Crippen LogP contribution in [0.1, 0.15) is 24.4 Å². The third kappa shape index (κ3) is 2.36. The number of aromatic amines is 1. The summed E-state index contributed by atoms with van der Waals surface area (Å²) in [6, 6.07) is 4.69. The van der Waals surface area contributed by atoms with E-state index in [1.54, 1.807) is 12.4 Å². The molecular weight excluding hydrogens is 212 g/mol. The van der Waals surface area contributed by atoms with E-state index in [1.165, 1.54) is 12.8 Å². The Hall–Kier alpha value is -1.68. The lowest BCUT2D eigenvalue weighted by Crippen LogP contribution is -2.16. The highest BCUT2D eigenvalue weighted by Crippen LogP contribution is 2.21. The molecule has 1 saturated carbocycles. The van der Waals surface area contributed by atoms with Gasteiger partial charge in [-0.2, -0.15) is 0 Å². The van der Waals surface area contributed by atoms with Gasteiger partial charge in [0, 0.05) is 29.7 Å². The van der Waals surface area contributed by atoms with Crippen LogP contribution in [0.15, 0.2) is 24.5 Å². The molecular formula is C13H16N4. The highest BCUT2D eigenvalue weighted by molar-refractivity contribution is 5.60. The Kier molecular flexibility index (Phi) is 2.65. The molecule has 2 aromatic heterocycles. The zero-order chi connectivity index (χ0) is 11.7. The van der Waals surface area contributed by atoms with Gasteiger partial charge in [0.15, 0.2) is 0 Å². The molecule has 0 bridgehead atoms. The average molecular weight is 228 g/mol. The second kappa shape index (κ2) is 4.30. The second-order valence-electron chi connectivity index (χ2n) is 4.55. The van der Waals surface area contributed by atoms with Crippen molar-refractivity contribution >= 4 is 0 Å². The molecule has 0 aliphatic heterocycles. The van der Waals surface area contributed by atoms with Gasteiger partial charge >= 0.3 is 0 Å². The summed E-state index contributed by atoms with van der Waals surface area (Å²) in [7, 11) is 0. The van der Waals surface area contributed by atoms with Gasteiger partial charge in [0.25, 0.3) is 0 Å². The molecule has 2 heterocycles. The summed E-state index contributed by atoms with van der Waals surface area (Å²) in [6.45, 7) is 2.89. The SMILES string of the molecule is Cc1[nH]c(CNC2CC2)nc1-c1ccncc1. The van der Waals surface area contributed by atoms with Crippen molar-refractivity contribution in [2.75, 3.05) is 0 Å². The molecule has 88 valence electrons. The number of aromatic nitrogens is 3. The van der Waals surface area contributed by atoms with E-state index in [4.69, 9.17) is 0 Å². The normalized spacial score (nSPS) is 15.1. The molecule has 1 aliphatic rings. The van der Waals surface area contributed by atoms with Crippen LogP contribution in [-0.4, -0.2) is 21.0 Å².